The highest BCUT2D eigenvalue weighted by Gasteiger charge is 2.21. The van der Waals surface area contributed by atoms with Crippen LogP contribution in [-0.4, -0.2) is 34.2 Å². The van der Waals surface area contributed by atoms with Crippen LogP contribution in [0.5, 0.6) is 0 Å². The molecule has 0 saturated heterocycles. The topological polar surface area (TPSA) is 91.1 Å². The highest BCUT2D eigenvalue weighted by molar-refractivity contribution is 5.79. The quantitative estimate of drug-likeness (QED) is 0.430. The van der Waals surface area contributed by atoms with Crippen LogP contribution < -0.4 is 10.6 Å². The minimum Gasteiger partial charge on any atom is -0.461 e. The van der Waals surface area contributed by atoms with Gasteiger partial charge >= 0.3 is 0 Å². The molecule has 2 heterocycles. The van der Waals surface area contributed by atoms with E-state index in [0.29, 0.717) is 36.5 Å². The van der Waals surface area contributed by atoms with Gasteiger partial charge < -0.3 is 15.1 Å². The van der Waals surface area contributed by atoms with Crippen LogP contribution in [0.3, 0.4) is 0 Å². The molecule has 0 bridgehead atoms. The van der Waals surface area contributed by atoms with Crippen molar-refractivity contribution in [3.63, 3.8) is 0 Å². The average Bonchev–Trinajstić information content (AvgIpc) is 3.35. The number of hydrogen-bond donors (Lipinski definition) is 3. The molecular weight excluding hydrogens is 359 g/mol. The lowest BCUT2D eigenvalue weighted by molar-refractivity contribution is 0.503. The predicted octanol–water partition coefficient (Wildman–Crippen LogP) is 3.24. The first-order valence-corrected chi connectivity index (χ1v) is 9.21. The molecule has 0 aliphatic rings. The van der Waals surface area contributed by atoms with Crippen molar-refractivity contribution in [1.82, 2.24) is 25.8 Å². The molecule has 0 aliphatic carbocycles. The Balaban J connectivity index is 1.64. The lowest BCUT2D eigenvalue weighted by Crippen LogP contribution is -2.43. The van der Waals surface area contributed by atoms with Crippen LogP contribution in [-0.2, 0) is 12.0 Å². The predicted molar refractivity (Wildman–Crippen MR) is 106 cm³/mol. The maximum absolute atomic E-state index is 13.5. The maximum atomic E-state index is 13.5. The number of hydrogen-bond acceptors (Lipinski definition) is 4. The Hall–Kier alpha value is -3.16. The van der Waals surface area contributed by atoms with Gasteiger partial charge in [0.15, 0.2) is 11.7 Å². The van der Waals surface area contributed by atoms with Gasteiger partial charge in [-0.1, -0.05) is 26.0 Å². The number of H-pyrrole nitrogens is 1. The highest BCUT2D eigenvalue weighted by Crippen LogP contribution is 2.22. The van der Waals surface area contributed by atoms with Crippen molar-refractivity contribution in [2.24, 2.45) is 4.99 Å². The zero-order chi connectivity index (χ0) is 20.0. The molecule has 0 unspecified atom stereocenters. The Morgan fingerprint density at radius 2 is 2.11 bits per heavy atom. The second kappa shape index (κ2) is 8.69. The van der Waals surface area contributed by atoms with E-state index in [2.05, 4.69) is 44.7 Å². The number of benzene rings is 1. The summed E-state index contributed by atoms with van der Waals surface area (Å²) in [5, 5.41) is 13.5. The van der Waals surface area contributed by atoms with E-state index in [1.54, 1.807) is 30.5 Å². The molecule has 2 aromatic heterocycles. The lowest BCUT2D eigenvalue weighted by Gasteiger charge is -2.26. The second-order valence-electron chi connectivity index (χ2n) is 7.03. The molecule has 0 aliphatic heterocycles. The third-order valence-corrected chi connectivity index (χ3v) is 4.31. The van der Waals surface area contributed by atoms with Crippen molar-refractivity contribution in [3.8, 4) is 11.6 Å². The van der Waals surface area contributed by atoms with Gasteiger partial charge in [-0.25, -0.2) is 14.4 Å². The van der Waals surface area contributed by atoms with E-state index in [1.165, 1.54) is 6.07 Å². The number of furan rings is 1. The molecule has 3 aromatic rings. The number of nitrogens with zero attached hydrogens (tertiary/aromatic N) is 3. The van der Waals surface area contributed by atoms with E-state index >= 15 is 0 Å². The number of guanidine groups is 1. The van der Waals surface area contributed by atoms with Crippen LogP contribution in [0.1, 0.15) is 32.2 Å². The van der Waals surface area contributed by atoms with Gasteiger partial charge in [-0.05, 0) is 36.8 Å². The van der Waals surface area contributed by atoms with Gasteiger partial charge in [-0.15, -0.1) is 5.10 Å². The summed E-state index contributed by atoms with van der Waals surface area (Å²) >= 11 is 0. The van der Waals surface area contributed by atoms with Crippen molar-refractivity contribution in [2.45, 2.75) is 32.7 Å². The number of rotatable bonds is 7. The van der Waals surface area contributed by atoms with Crippen LogP contribution >= 0.6 is 0 Å². The minimum atomic E-state index is -0.267. The summed E-state index contributed by atoms with van der Waals surface area (Å²) in [7, 11) is 0. The van der Waals surface area contributed by atoms with E-state index in [4.69, 9.17) is 4.42 Å². The molecule has 3 rings (SSSR count). The molecule has 1 aromatic carbocycles. The minimum absolute atomic E-state index is 0.233. The Labute approximate surface area is 163 Å². The second-order valence-corrected chi connectivity index (χ2v) is 7.03. The summed E-state index contributed by atoms with van der Waals surface area (Å²) in [5.74, 6) is 2.16. The van der Waals surface area contributed by atoms with Gasteiger partial charge in [0.05, 0.1) is 6.26 Å². The van der Waals surface area contributed by atoms with Crippen molar-refractivity contribution < 1.29 is 8.81 Å². The summed E-state index contributed by atoms with van der Waals surface area (Å²) in [6, 6.07) is 10.3. The van der Waals surface area contributed by atoms with Crippen LogP contribution in [0.2, 0.25) is 0 Å². The first-order chi connectivity index (χ1) is 13.5. The highest BCUT2D eigenvalue weighted by atomic mass is 19.1. The van der Waals surface area contributed by atoms with Crippen LogP contribution in [0, 0.1) is 5.82 Å². The maximum Gasteiger partial charge on any atom is 0.216 e. The smallest absolute Gasteiger partial charge is 0.216 e. The molecule has 0 amide bonds. The van der Waals surface area contributed by atoms with Gasteiger partial charge in [0, 0.05) is 18.5 Å². The monoisotopic (exact) mass is 384 g/mol. The third-order valence-electron chi connectivity index (χ3n) is 4.31. The summed E-state index contributed by atoms with van der Waals surface area (Å²) in [6.07, 6.45) is 1.58. The SMILES string of the molecule is CCNC(=NCc1nc(-c2ccco2)n[nH]1)NCC(C)(C)c1cccc(F)c1. The molecule has 0 fully saturated rings. The Bertz CT molecular complexity index is 916. The number of nitrogens with one attached hydrogen (secondary N) is 3. The normalized spacial score (nSPS) is 12.2. The molecule has 7 nitrogen and oxygen atoms in total. The van der Waals surface area contributed by atoms with E-state index in [9.17, 15) is 4.39 Å². The average molecular weight is 384 g/mol. The van der Waals surface area contributed by atoms with Gasteiger partial charge in [0.25, 0.3) is 0 Å². The largest absolute Gasteiger partial charge is 0.461 e. The summed E-state index contributed by atoms with van der Waals surface area (Å²) in [6.45, 7) is 7.77. The summed E-state index contributed by atoms with van der Waals surface area (Å²) in [4.78, 5) is 8.93. The van der Waals surface area contributed by atoms with E-state index in [0.717, 1.165) is 12.1 Å². The standard InChI is InChI=1S/C20H25FN6O/c1-4-22-19(24-13-20(2,3)14-7-5-8-15(21)11-14)23-12-17-25-18(27-26-17)16-9-6-10-28-16/h5-11H,4,12-13H2,1-3H3,(H2,22,23,24)(H,25,26,27). The van der Waals surface area contributed by atoms with E-state index in [-0.39, 0.29) is 11.2 Å². The van der Waals surface area contributed by atoms with Gasteiger partial charge in [-0.2, -0.15) is 0 Å². The number of aromatic nitrogens is 3. The molecule has 148 valence electrons. The lowest BCUT2D eigenvalue weighted by atomic mass is 9.84. The Morgan fingerprint density at radius 1 is 1.25 bits per heavy atom. The number of aromatic amines is 1. The molecule has 28 heavy (non-hydrogen) atoms. The number of halogens is 1. The van der Waals surface area contributed by atoms with Gasteiger partial charge in [0.1, 0.15) is 18.2 Å². The molecule has 0 radical (unpaired) electrons. The molecule has 3 N–H and O–H groups in total. The molecule has 8 heteroatoms. The Morgan fingerprint density at radius 3 is 2.82 bits per heavy atom. The summed E-state index contributed by atoms with van der Waals surface area (Å²) in [5.41, 5.74) is 0.658. The molecule has 0 spiro atoms. The van der Waals surface area contributed by atoms with E-state index in [1.807, 2.05) is 13.0 Å². The zero-order valence-corrected chi connectivity index (χ0v) is 16.3. The van der Waals surface area contributed by atoms with Crippen LogP contribution in [0.25, 0.3) is 11.6 Å². The fourth-order valence-electron chi connectivity index (χ4n) is 2.69. The fourth-order valence-corrected chi connectivity index (χ4v) is 2.69. The molecule has 0 atom stereocenters. The van der Waals surface area contributed by atoms with Crippen molar-refractivity contribution in [1.29, 1.82) is 0 Å². The van der Waals surface area contributed by atoms with Crippen molar-refractivity contribution >= 4 is 5.96 Å². The third kappa shape index (κ3) is 4.97. The number of aliphatic imine (C=N–C) groups is 1. The van der Waals surface area contributed by atoms with E-state index < -0.39 is 0 Å². The van der Waals surface area contributed by atoms with Crippen LogP contribution in [0.15, 0.2) is 52.1 Å². The molecular formula is C20H25FN6O. The zero-order valence-electron chi connectivity index (χ0n) is 16.3. The van der Waals surface area contributed by atoms with Crippen molar-refractivity contribution in [3.05, 3.63) is 59.9 Å². The van der Waals surface area contributed by atoms with Gasteiger partial charge in [-0.3, -0.25) is 5.10 Å². The van der Waals surface area contributed by atoms with Gasteiger partial charge in [0.2, 0.25) is 5.82 Å². The van der Waals surface area contributed by atoms with Crippen LogP contribution in [0.4, 0.5) is 4.39 Å². The first kappa shape index (κ1) is 19.6. The van der Waals surface area contributed by atoms with Crippen molar-refractivity contribution in [2.75, 3.05) is 13.1 Å². The fraction of sp³-hybridized carbons (Fsp3) is 0.350. The molecule has 0 saturated carbocycles. The summed E-state index contributed by atoms with van der Waals surface area (Å²) < 4.78 is 18.8. The first-order valence-electron chi connectivity index (χ1n) is 9.21. The Kier molecular flexibility index (Phi) is 6.08.